The molecule has 2 aromatic rings. The molecule has 6 heteroatoms. The zero-order chi connectivity index (χ0) is 23.0. The predicted molar refractivity (Wildman–Crippen MR) is 127 cm³/mol. The highest BCUT2D eigenvalue weighted by Crippen LogP contribution is 2.31. The maximum Gasteiger partial charge on any atom is 0.407 e. The van der Waals surface area contributed by atoms with Crippen LogP contribution < -0.4 is 10.1 Å². The van der Waals surface area contributed by atoms with E-state index in [2.05, 4.69) is 22.3 Å². The van der Waals surface area contributed by atoms with Gasteiger partial charge in [-0.25, -0.2) is 4.79 Å². The average molecular weight is 441 g/mol. The minimum Gasteiger partial charge on any atom is -0.493 e. The summed E-state index contributed by atoms with van der Waals surface area (Å²) in [6, 6.07) is 16.2. The van der Waals surface area contributed by atoms with E-state index in [1.54, 1.807) is 0 Å². The Kier molecular flexibility index (Phi) is 8.53. The largest absolute Gasteiger partial charge is 0.493 e. The van der Waals surface area contributed by atoms with Gasteiger partial charge < -0.3 is 24.8 Å². The lowest BCUT2D eigenvalue weighted by Gasteiger charge is -2.29. The molecular weight excluding hydrogens is 404 g/mol. The number of carbonyl (C=O) groups excluding carboxylic acids is 1. The quantitative estimate of drug-likeness (QED) is 0.587. The Balaban J connectivity index is 1.61. The van der Waals surface area contributed by atoms with Crippen LogP contribution in [0.3, 0.4) is 0 Å². The number of alkyl carbamates (subject to hydrolysis) is 1. The molecule has 0 saturated carbocycles. The lowest BCUT2D eigenvalue weighted by atomic mass is 10.0. The SMILES string of the molecule is CC(C)(C)OC(=O)NCc1ccc(-c2ccccc2)c(OCCCN2CCC(O)CC2)c1. The van der Waals surface area contributed by atoms with Crippen LogP contribution in [-0.2, 0) is 11.3 Å². The van der Waals surface area contributed by atoms with Crippen LogP contribution in [0.5, 0.6) is 5.75 Å². The van der Waals surface area contributed by atoms with Crippen molar-refractivity contribution < 1.29 is 19.4 Å². The van der Waals surface area contributed by atoms with E-state index in [0.29, 0.717) is 13.2 Å². The van der Waals surface area contributed by atoms with Crippen molar-refractivity contribution in [3.8, 4) is 16.9 Å². The van der Waals surface area contributed by atoms with Crippen LogP contribution in [0.15, 0.2) is 48.5 Å². The monoisotopic (exact) mass is 440 g/mol. The second-order valence-electron chi connectivity index (χ2n) is 9.33. The summed E-state index contributed by atoms with van der Waals surface area (Å²) in [5, 5.41) is 12.5. The molecule has 1 aliphatic rings. The van der Waals surface area contributed by atoms with Gasteiger partial charge in [0.2, 0.25) is 0 Å². The molecule has 32 heavy (non-hydrogen) atoms. The fraction of sp³-hybridized carbons (Fsp3) is 0.500. The Morgan fingerprint density at radius 2 is 1.84 bits per heavy atom. The van der Waals surface area contributed by atoms with Crippen LogP contribution >= 0.6 is 0 Å². The molecule has 0 unspecified atom stereocenters. The number of rotatable bonds is 8. The standard InChI is InChI=1S/C26H36N2O4/c1-26(2,3)32-25(30)27-19-20-10-11-23(21-8-5-4-6-9-21)24(18-20)31-17-7-14-28-15-12-22(29)13-16-28/h4-6,8-11,18,22,29H,7,12-17,19H2,1-3H3,(H,27,30). The fourth-order valence-corrected chi connectivity index (χ4v) is 3.75. The Morgan fingerprint density at radius 3 is 2.53 bits per heavy atom. The molecule has 6 nitrogen and oxygen atoms in total. The minimum atomic E-state index is -0.526. The Labute approximate surface area is 191 Å². The number of likely N-dealkylation sites (tertiary alicyclic amines) is 1. The molecule has 1 aliphatic heterocycles. The molecule has 0 aromatic heterocycles. The van der Waals surface area contributed by atoms with Gasteiger partial charge in [-0.15, -0.1) is 0 Å². The summed E-state index contributed by atoms with van der Waals surface area (Å²) in [4.78, 5) is 14.4. The molecule has 2 aromatic carbocycles. The van der Waals surface area contributed by atoms with Gasteiger partial charge in [-0.1, -0.05) is 42.5 Å². The van der Waals surface area contributed by atoms with Gasteiger partial charge in [0, 0.05) is 31.7 Å². The summed E-state index contributed by atoms with van der Waals surface area (Å²) < 4.78 is 11.5. The summed E-state index contributed by atoms with van der Waals surface area (Å²) in [6.07, 6.45) is 2.05. The van der Waals surface area contributed by atoms with E-state index < -0.39 is 11.7 Å². The van der Waals surface area contributed by atoms with Gasteiger partial charge in [0.15, 0.2) is 0 Å². The number of carbonyl (C=O) groups is 1. The first-order chi connectivity index (χ1) is 15.3. The second-order valence-corrected chi connectivity index (χ2v) is 9.33. The predicted octanol–water partition coefficient (Wildman–Crippen LogP) is 4.60. The first-order valence-electron chi connectivity index (χ1n) is 11.5. The third-order valence-corrected chi connectivity index (χ3v) is 5.40. The summed E-state index contributed by atoms with van der Waals surface area (Å²) in [6.45, 7) is 9.38. The van der Waals surface area contributed by atoms with E-state index in [-0.39, 0.29) is 6.10 Å². The summed E-state index contributed by atoms with van der Waals surface area (Å²) in [5.74, 6) is 0.814. The normalized spacial score (nSPS) is 15.4. The summed E-state index contributed by atoms with van der Waals surface area (Å²) in [5.41, 5.74) is 2.56. The summed E-state index contributed by atoms with van der Waals surface area (Å²) >= 11 is 0. The van der Waals surface area contributed by atoms with Crippen LogP contribution in [0, 0.1) is 0 Å². The molecule has 174 valence electrons. The van der Waals surface area contributed by atoms with Crippen LogP contribution in [0.1, 0.15) is 45.6 Å². The zero-order valence-corrected chi connectivity index (χ0v) is 19.5. The van der Waals surface area contributed by atoms with Gasteiger partial charge in [-0.2, -0.15) is 0 Å². The smallest absolute Gasteiger partial charge is 0.407 e. The molecule has 0 atom stereocenters. The van der Waals surface area contributed by atoms with Crippen LogP contribution in [0.25, 0.3) is 11.1 Å². The van der Waals surface area contributed by atoms with Crippen molar-refractivity contribution in [2.24, 2.45) is 0 Å². The molecule has 1 amide bonds. The fourth-order valence-electron chi connectivity index (χ4n) is 3.75. The highest BCUT2D eigenvalue weighted by atomic mass is 16.6. The molecule has 3 rings (SSSR count). The van der Waals surface area contributed by atoms with E-state index in [1.807, 2.05) is 57.2 Å². The van der Waals surface area contributed by atoms with Crippen LogP contribution in [0.2, 0.25) is 0 Å². The molecule has 0 spiro atoms. The number of nitrogens with zero attached hydrogens (tertiary/aromatic N) is 1. The van der Waals surface area contributed by atoms with Gasteiger partial charge in [-0.3, -0.25) is 0 Å². The number of aliphatic hydroxyl groups excluding tert-OH is 1. The maximum atomic E-state index is 12.0. The number of amides is 1. The second kappa shape index (κ2) is 11.3. The van der Waals surface area contributed by atoms with E-state index in [9.17, 15) is 9.90 Å². The van der Waals surface area contributed by atoms with Gasteiger partial charge in [0.05, 0.1) is 12.7 Å². The number of ether oxygens (including phenoxy) is 2. The lowest BCUT2D eigenvalue weighted by molar-refractivity contribution is 0.0523. The molecule has 0 aliphatic carbocycles. The van der Waals surface area contributed by atoms with Crippen molar-refractivity contribution in [2.75, 3.05) is 26.2 Å². The Bertz CT molecular complexity index is 856. The maximum absolute atomic E-state index is 12.0. The highest BCUT2D eigenvalue weighted by molar-refractivity contribution is 5.71. The third kappa shape index (κ3) is 7.84. The van der Waals surface area contributed by atoms with E-state index in [4.69, 9.17) is 9.47 Å². The van der Waals surface area contributed by atoms with Crippen molar-refractivity contribution in [1.82, 2.24) is 10.2 Å². The van der Waals surface area contributed by atoms with Crippen molar-refractivity contribution >= 4 is 6.09 Å². The van der Waals surface area contributed by atoms with Gasteiger partial charge in [0.1, 0.15) is 11.4 Å². The molecule has 1 heterocycles. The number of aliphatic hydroxyl groups is 1. The molecular formula is C26H36N2O4. The summed E-state index contributed by atoms with van der Waals surface area (Å²) in [7, 11) is 0. The number of benzene rings is 2. The van der Waals surface area contributed by atoms with Gasteiger partial charge in [0.25, 0.3) is 0 Å². The van der Waals surface area contributed by atoms with Crippen molar-refractivity contribution in [3.05, 3.63) is 54.1 Å². The van der Waals surface area contributed by atoms with Crippen molar-refractivity contribution in [2.45, 2.75) is 58.3 Å². The number of hydrogen-bond acceptors (Lipinski definition) is 5. The third-order valence-electron chi connectivity index (χ3n) is 5.40. The molecule has 0 radical (unpaired) electrons. The van der Waals surface area contributed by atoms with Crippen molar-refractivity contribution in [1.29, 1.82) is 0 Å². The molecule has 1 saturated heterocycles. The van der Waals surface area contributed by atoms with Gasteiger partial charge in [-0.05, 0) is 57.2 Å². The first kappa shape index (κ1) is 24.1. The first-order valence-corrected chi connectivity index (χ1v) is 11.5. The number of piperidine rings is 1. The number of nitrogens with one attached hydrogen (secondary N) is 1. The average Bonchev–Trinajstić information content (AvgIpc) is 2.76. The Hall–Kier alpha value is -2.57. The van der Waals surface area contributed by atoms with E-state index >= 15 is 0 Å². The van der Waals surface area contributed by atoms with Gasteiger partial charge >= 0.3 is 6.09 Å². The van der Waals surface area contributed by atoms with E-state index in [1.165, 1.54) is 0 Å². The zero-order valence-electron chi connectivity index (χ0n) is 19.5. The Morgan fingerprint density at radius 1 is 1.12 bits per heavy atom. The number of hydrogen-bond donors (Lipinski definition) is 2. The van der Waals surface area contributed by atoms with Crippen LogP contribution in [0.4, 0.5) is 4.79 Å². The highest BCUT2D eigenvalue weighted by Gasteiger charge is 2.17. The van der Waals surface area contributed by atoms with Crippen molar-refractivity contribution in [3.63, 3.8) is 0 Å². The lowest BCUT2D eigenvalue weighted by Crippen LogP contribution is -2.36. The topological polar surface area (TPSA) is 71.0 Å². The van der Waals surface area contributed by atoms with E-state index in [0.717, 1.165) is 61.3 Å². The molecule has 1 fully saturated rings. The molecule has 2 N–H and O–H groups in total. The molecule has 0 bridgehead atoms. The van der Waals surface area contributed by atoms with Crippen LogP contribution in [-0.4, -0.2) is 54.0 Å². The minimum absolute atomic E-state index is 0.145.